The molecule has 0 fully saturated rings. The second-order valence-corrected chi connectivity index (χ2v) is 4.37. The highest BCUT2D eigenvalue weighted by Crippen LogP contribution is 2.26. The highest BCUT2D eigenvalue weighted by Gasteiger charge is 2.14. The number of hydrogen-bond acceptors (Lipinski definition) is 3. The fraction of sp³-hybridized carbons (Fsp3) is 0.200. The Labute approximate surface area is 113 Å². The molecule has 4 nitrogen and oxygen atoms in total. The van der Waals surface area contributed by atoms with Crippen LogP contribution in [0, 0.1) is 12.3 Å². The molecule has 0 spiro atoms. The number of hydrogen-bond donors (Lipinski definition) is 2. The van der Waals surface area contributed by atoms with Crippen molar-refractivity contribution in [3.63, 3.8) is 0 Å². The average molecular weight is 254 g/mol. The molecule has 98 valence electrons. The zero-order chi connectivity index (χ0) is 13.8. The smallest absolute Gasteiger partial charge is 0.143 e. The van der Waals surface area contributed by atoms with Gasteiger partial charge in [-0.25, -0.2) is 4.98 Å². The molecule has 0 saturated heterocycles. The van der Waals surface area contributed by atoms with E-state index in [1.54, 1.807) is 12.3 Å². The van der Waals surface area contributed by atoms with Crippen molar-refractivity contribution in [3.05, 3.63) is 53.7 Å². The maximum Gasteiger partial charge on any atom is 0.143 e. The Morgan fingerprint density at radius 1 is 1.32 bits per heavy atom. The molecule has 1 heterocycles. The first kappa shape index (κ1) is 13.1. The molecule has 0 amide bonds. The molecule has 1 aromatic carbocycles. The average Bonchev–Trinajstić information content (AvgIpc) is 2.40. The van der Waals surface area contributed by atoms with E-state index in [0.717, 1.165) is 18.1 Å². The molecule has 3 N–H and O–H groups in total. The van der Waals surface area contributed by atoms with Crippen molar-refractivity contribution in [3.8, 4) is 0 Å². The van der Waals surface area contributed by atoms with Crippen molar-refractivity contribution in [2.24, 2.45) is 5.73 Å². The van der Waals surface area contributed by atoms with Gasteiger partial charge in [0.2, 0.25) is 0 Å². The number of aryl methyl sites for hydroxylation is 1. The van der Waals surface area contributed by atoms with Crippen LogP contribution in [0.5, 0.6) is 0 Å². The minimum Gasteiger partial charge on any atom is -0.384 e. The number of rotatable bonds is 4. The lowest BCUT2D eigenvalue weighted by Crippen LogP contribution is -2.23. The fourth-order valence-electron chi connectivity index (χ4n) is 2.07. The van der Waals surface area contributed by atoms with Gasteiger partial charge in [0, 0.05) is 18.4 Å². The second kappa shape index (κ2) is 5.52. The first-order valence-electron chi connectivity index (χ1n) is 6.27. The van der Waals surface area contributed by atoms with E-state index < -0.39 is 0 Å². The molecule has 2 rings (SSSR count). The Kier molecular flexibility index (Phi) is 3.80. The van der Waals surface area contributed by atoms with Crippen molar-refractivity contribution in [2.45, 2.75) is 13.8 Å². The van der Waals surface area contributed by atoms with Gasteiger partial charge in [-0.2, -0.15) is 0 Å². The molecular weight excluding hydrogens is 236 g/mol. The summed E-state index contributed by atoms with van der Waals surface area (Å²) in [5, 5.41) is 7.66. The molecular formula is C15H18N4. The van der Waals surface area contributed by atoms with Gasteiger partial charge in [-0.1, -0.05) is 12.1 Å². The van der Waals surface area contributed by atoms with Gasteiger partial charge in [-0.05, 0) is 43.7 Å². The zero-order valence-corrected chi connectivity index (χ0v) is 11.2. The van der Waals surface area contributed by atoms with Crippen LogP contribution in [-0.4, -0.2) is 17.4 Å². The highest BCUT2D eigenvalue weighted by molar-refractivity contribution is 6.00. The summed E-state index contributed by atoms with van der Waals surface area (Å²) >= 11 is 0. The fourth-order valence-corrected chi connectivity index (χ4v) is 2.07. The van der Waals surface area contributed by atoms with Crippen LogP contribution in [0.4, 0.5) is 11.5 Å². The van der Waals surface area contributed by atoms with Crippen LogP contribution in [-0.2, 0) is 0 Å². The predicted octanol–water partition coefficient (Wildman–Crippen LogP) is 2.83. The molecule has 0 bridgehead atoms. The molecule has 0 radical (unpaired) electrons. The van der Waals surface area contributed by atoms with Crippen molar-refractivity contribution in [1.29, 1.82) is 5.41 Å². The number of nitrogens with two attached hydrogens (primary N) is 1. The van der Waals surface area contributed by atoms with Crippen LogP contribution < -0.4 is 10.6 Å². The number of pyridine rings is 1. The number of aromatic nitrogens is 1. The lowest BCUT2D eigenvalue weighted by Gasteiger charge is -2.24. The Hall–Kier alpha value is -2.36. The summed E-state index contributed by atoms with van der Waals surface area (Å²) in [7, 11) is 0. The standard InChI is InChI=1S/C15H18N4/c1-3-19(12-7-4-6-11(2)10-12)15-13(14(16)17)8-5-9-18-15/h4-10H,3H2,1-2H3,(H3,16,17). The number of nitrogens with one attached hydrogen (secondary N) is 1. The maximum atomic E-state index is 7.66. The molecule has 0 aliphatic carbocycles. The number of nitrogen functional groups attached to an aromatic ring is 1. The summed E-state index contributed by atoms with van der Waals surface area (Å²) in [5.74, 6) is 0.761. The third-order valence-electron chi connectivity index (χ3n) is 2.96. The second-order valence-electron chi connectivity index (χ2n) is 4.37. The normalized spacial score (nSPS) is 10.2. The monoisotopic (exact) mass is 254 g/mol. The number of nitrogens with zero attached hydrogens (tertiary/aromatic N) is 2. The summed E-state index contributed by atoms with van der Waals surface area (Å²) in [6.07, 6.45) is 1.72. The Morgan fingerprint density at radius 2 is 2.11 bits per heavy atom. The summed E-state index contributed by atoms with van der Waals surface area (Å²) < 4.78 is 0. The van der Waals surface area contributed by atoms with Gasteiger partial charge in [-0.15, -0.1) is 0 Å². The van der Waals surface area contributed by atoms with E-state index in [2.05, 4.69) is 35.9 Å². The van der Waals surface area contributed by atoms with Gasteiger partial charge in [0.25, 0.3) is 0 Å². The summed E-state index contributed by atoms with van der Waals surface area (Å²) in [6, 6.07) is 11.8. The number of amidine groups is 1. The minimum absolute atomic E-state index is 0.0363. The van der Waals surface area contributed by atoms with Crippen LogP contribution in [0.1, 0.15) is 18.1 Å². The third-order valence-corrected chi connectivity index (χ3v) is 2.96. The van der Waals surface area contributed by atoms with Crippen molar-refractivity contribution >= 4 is 17.3 Å². The van der Waals surface area contributed by atoms with Gasteiger partial charge < -0.3 is 10.6 Å². The highest BCUT2D eigenvalue weighted by atomic mass is 15.2. The van der Waals surface area contributed by atoms with Crippen LogP contribution >= 0.6 is 0 Å². The number of benzene rings is 1. The zero-order valence-electron chi connectivity index (χ0n) is 11.2. The SMILES string of the molecule is CCN(c1cccc(C)c1)c1ncccc1C(=N)N. The van der Waals surface area contributed by atoms with Gasteiger partial charge in [0.15, 0.2) is 0 Å². The quantitative estimate of drug-likeness (QED) is 0.651. The van der Waals surface area contributed by atoms with Gasteiger partial charge in [0.05, 0.1) is 5.56 Å². The van der Waals surface area contributed by atoms with Crippen LogP contribution in [0.15, 0.2) is 42.6 Å². The molecule has 4 heteroatoms. The molecule has 0 saturated carbocycles. The molecule has 1 aromatic heterocycles. The lowest BCUT2D eigenvalue weighted by molar-refractivity contribution is 0.985. The first-order chi connectivity index (χ1) is 9.13. The summed E-state index contributed by atoms with van der Waals surface area (Å²) in [4.78, 5) is 6.44. The van der Waals surface area contributed by atoms with E-state index in [4.69, 9.17) is 11.1 Å². The van der Waals surface area contributed by atoms with Crippen LogP contribution in [0.3, 0.4) is 0 Å². The molecule has 0 aliphatic heterocycles. The number of anilines is 2. The largest absolute Gasteiger partial charge is 0.384 e. The van der Waals surface area contributed by atoms with E-state index >= 15 is 0 Å². The lowest BCUT2D eigenvalue weighted by atomic mass is 10.1. The van der Waals surface area contributed by atoms with Crippen molar-refractivity contribution in [1.82, 2.24) is 4.98 Å². The maximum absolute atomic E-state index is 7.66. The Balaban J connectivity index is 2.51. The predicted molar refractivity (Wildman–Crippen MR) is 79.1 cm³/mol. The first-order valence-corrected chi connectivity index (χ1v) is 6.27. The van der Waals surface area contributed by atoms with E-state index in [1.165, 1.54) is 5.56 Å². The van der Waals surface area contributed by atoms with Crippen molar-refractivity contribution < 1.29 is 0 Å². The molecule has 2 aromatic rings. The van der Waals surface area contributed by atoms with Crippen LogP contribution in [0.2, 0.25) is 0 Å². The van der Waals surface area contributed by atoms with E-state index in [9.17, 15) is 0 Å². The van der Waals surface area contributed by atoms with Gasteiger partial charge in [0.1, 0.15) is 11.7 Å². The topological polar surface area (TPSA) is 66.0 Å². The van der Waals surface area contributed by atoms with Gasteiger partial charge in [-0.3, -0.25) is 5.41 Å². The van der Waals surface area contributed by atoms with E-state index in [1.807, 2.05) is 18.2 Å². The summed E-state index contributed by atoms with van der Waals surface area (Å²) in [5.41, 5.74) is 8.54. The Morgan fingerprint density at radius 3 is 2.74 bits per heavy atom. The molecule has 0 atom stereocenters. The molecule has 0 unspecified atom stereocenters. The van der Waals surface area contributed by atoms with E-state index in [-0.39, 0.29) is 5.84 Å². The van der Waals surface area contributed by atoms with Crippen molar-refractivity contribution in [2.75, 3.05) is 11.4 Å². The summed E-state index contributed by atoms with van der Waals surface area (Å²) in [6.45, 7) is 4.88. The van der Waals surface area contributed by atoms with E-state index in [0.29, 0.717) is 5.56 Å². The molecule has 0 aliphatic rings. The Bertz CT molecular complexity index is 592. The van der Waals surface area contributed by atoms with Crippen LogP contribution in [0.25, 0.3) is 0 Å². The van der Waals surface area contributed by atoms with Gasteiger partial charge >= 0.3 is 0 Å². The molecule has 19 heavy (non-hydrogen) atoms. The third kappa shape index (κ3) is 2.73. The minimum atomic E-state index is 0.0363.